The van der Waals surface area contributed by atoms with Crippen LogP contribution in [0.15, 0.2) is 60.7 Å². The first-order chi connectivity index (χ1) is 10.8. The smallest absolute Gasteiger partial charge is 0.0980 e. The van der Waals surface area contributed by atoms with Crippen LogP contribution >= 0.6 is 0 Å². The fourth-order valence-electron chi connectivity index (χ4n) is 3.47. The van der Waals surface area contributed by atoms with Crippen LogP contribution in [0.2, 0.25) is 0 Å². The van der Waals surface area contributed by atoms with Gasteiger partial charge in [0.25, 0.3) is 0 Å². The lowest BCUT2D eigenvalue weighted by molar-refractivity contribution is 0.211. The van der Waals surface area contributed by atoms with E-state index in [1.54, 1.807) is 0 Å². The van der Waals surface area contributed by atoms with Gasteiger partial charge in [-0.2, -0.15) is 9.46 Å². The number of hydrogen-bond donors (Lipinski definition) is 2. The lowest BCUT2D eigenvalue weighted by Gasteiger charge is -1.99. The van der Waals surface area contributed by atoms with Crippen molar-refractivity contribution in [3.63, 3.8) is 0 Å². The Morgan fingerprint density at radius 3 is 1.95 bits per heavy atom. The van der Waals surface area contributed by atoms with Gasteiger partial charge in [0, 0.05) is 21.5 Å². The van der Waals surface area contributed by atoms with E-state index in [9.17, 15) is 10.4 Å². The van der Waals surface area contributed by atoms with Gasteiger partial charge in [0.15, 0.2) is 0 Å². The minimum Gasteiger partial charge on any atom is -0.428 e. The van der Waals surface area contributed by atoms with Gasteiger partial charge >= 0.3 is 0 Å². The van der Waals surface area contributed by atoms with Crippen LogP contribution in [0.25, 0.3) is 43.6 Å². The number of benzene rings is 3. The standard InChI is InChI=1S/C18H12N2O2/c21-19-15-8-4-2-6-13(15)17-16(19)10-9-12-11-5-1-3-7-14(11)20(22)18(12)17/h1-10,21-22H. The average molecular weight is 288 g/mol. The Morgan fingerprint density at radius 1 is 0.545 bits per heavy atom. The second kappa shape index (κ2) is 3.74. The molecule has 22 heavy (non-hydrogen) atoms. The van der Waals surface area contributed by atoms with Gasteiger partial charge in [-0.3, -0.25) is 0 Å². The van der Waals surface area contributed by atoms with Gasteiger partial charge < -0.3 is 10.4 Å². The maximum atomic E-state index is 10.6. The van der Waals surface area contributed by atoms with Gasteiger partial charge in [-0.1, -0.05) is 36.4 Å². The van der Waals surface area contributed by atoms with E-state index in [4.69, 9.17) is 0 Å². The lowest BCUT2D eigenvalue weighted by Crippen LogP contribution is -1.90. The summed E-state index contributed by atoms with van der Waals surface area (Å²) in [5, 5.41) is 24.8. The number of nitrogens with zero attached hydrogens (tertiary/aromatic N) is 2. The Labute approximate surface area is 124 Å². The van der Waals surface area contributed by atoms with Gasteiger partial charge in [0.1, 0.15) is 0 Å². The van der Waals surface area contributed by atoms with E-state index in [0.717, 1.165) is 38.1 Å². The summed E-state index contributed by atoms with van der Waals surface area (Å²) in [5.41, 5.74) is 2.91. The number of hydrogen-bond acceptors (Lipinski definition) is 2. The molecule has 3 aromatic carbocycles. The lowest BCUT2D eigenvalue weighted by atomic mass is 10.1. The van der Waals surface area contributed by atoms with Crippen molar-refractivity contribution in [2.75, 3.05) is 0 Å². The maximum Gasteiger partial charge on any atom is 0.0980 e. The molecule has 0 aliphatic heterocycles. The highest BCUT2D eigenvalue weighted by Crippen LogP contribution is 2.37. The van der Waals surface area contributed by atoms with Gasteiger partial charge in [0.2, 0.25) is 0 Å². The van der Waals surface area contributed by atoms with Gasteiger partial charge in [-0.05, 0) is 24.3 Å². The fourth-order valence-corrected chi connectivity index (χ4v) is 3.47. The molecule has 0 aliphatic carbocycles. The van der Waals surface area contributed by atoms with Crippen molar-refractivity contribution in [3.05, 3.63) is 60.7 Å². The molecule has 0 radical (unpaired) electrons. The van der Waals surface area contributed by atoms with Crippen LogP contribution < -0.4 is 0 Å². The molecule has 0 amide bonds. The van der Waals surface area contributed by atoms with Crippen LogP contribution in [0.5, 0.6) is 0 Å². The summed E-state index contributed by atoms with van der Waals surface area (Å²) in [6.45, 7) is 0. The fraction of sp³-hybridized carbons (Fsp3) is 0. The van der Waals surface area contributed by atoms with E-state index < -0.39 is 0 Å². The van der Waals surface area contributed by atoms with Crippen LogP contribution in [-0.4, -0.2) is 19.9 Å². The highest BCUT2D eigenvalue weighted by molar-refractivity contribution is 6.24. The molecule has 5 aromatic rings. The zero-order chi connectivity index (χ0) is 14.8. The minimum atomic E-state index is 0.687. The summed E-state index contributed by atoms with van der Waals surface area (Å²) in [4.78, 5) is 0. The van der Waals surface area contributed by atoms with E-state index in [2.05, 4.69) is 0 Å². The molecule has 0 spiro atoms. The van der Waals surface area contributed by atoms with Crippen molar-refractivity contribution < 1.29 is 10.4 Å². The van der Waals surface area contributed by atoms with E-state index in [1.165, 1.54) is 9.46 Å². The molecule has 4 heteroatoms. The summed E-state index contributed by atoms with van der Waals surface area (Å²) in [7, 11) is 0. The predicted octanol–water partition coefficient (Wildman–Crippen LogP) is 4.38. The van der Waals surface area contributed by atoms with Crippen molar-refractivity contribution in [3.8, 4) is 0 Å². The third kappa shape index (κ3) is 1.18. The van der Waals surface area contributed by atoms with Crippen molar-refractivity contribution in [1.82, 2.24) is 9.46 Å². The highest BCUT2D eigenvalue weighted by Gasteiger charge is 2.18. The zero-order valence-corrected chi connectivity index (χ0v) is 11.6. The zero-order valence-electron chi connectivity index (χ0n) is 11.6. The second-order valence-corrected chi connectivity index (χ2v) is 5.51. The molecule has 0 aliphatic rings. The third-order valence-electron chi connectivity index (χ3n) is 4.42. The van der Waals surface area contributed by atoms with Gasteiger partial charge in [0.05, 0.1) is 22.1 Å². The molecule has 0 saturated heterocycles. The Hall–Kier alpha value is -3.14. The molecule has 2 N–H and O–H groups in total. The molecule has 0 saturated carbocycles. The molecule has 0 unspecified atom stereocenters. The number of aromatic nitrogens is 2. The Morgan fingerprint density at radius 2 is 1.18 bits per heavy atom. The summed E-state index contributed by atoms with van der Waals surface area (Å²) in [6, 6.07) is 19.2. The van der Waals surface area contributed by atoms with Crippen LogP contribution in [0.4, 0.5) is 0 Å². The number of fused-ring (bicyclic) bond motifs is 7. The first kappa shape index (κ1) is 11.5. The number of rotatable bonds is 0. The van der Waals surface area contributed by atoms with Gasteiger partial charge in [-0.15, -0.1) is 0 Å². The molecule has 0 bridgehead atoms. The number of para-hydroxylation sites is 2. The summed E-state index contributed by atoms with van der Waals surface area (Å²) >= 11 is 0. The van der Waals surface area contributed by atoms with Crippen LogP contribution in [0, 0.1) is 0 Å². The minimum absolute atomic E-state index is 0.687. The quantitative estimate of drug-likeness (QED) is 0.415. The summed E-state index contributed by atoms with van der Waals surface area (Å²) in [6.07, 6.45) is 0. The molecular weight excluding hydrogens is 276 g/mol. The average Bonchev–Trinajstić information content (AvgIpc) is 3.02. The molecule has 5 rings (SSSR count). The van der Waals surface area contributed by atoms with Crippen molar-refractivity contribution in [2.45, 2.75) is 0 Å². The highest BCUT2D eigenvalue weighted by atomic mass is 16.5. The van der Waals surface area contributed by atoms with Crippen LogP contribution in [0.1, 0.15) is 0 Å². The Bertz CT molecular complexity index is 1200. The van der Waals surface area contributed by atoms with E-state index in [1.807, 2.05) is 60.7 Å². The largest absolute Gasteiger partial charge is 0.428 e. The van der Waals surface area contributed by atoms with Crippen LogP contribution in [-0.2, 0) is 0 Å². The molecular formula is C18H12N2O2. The van der Waals surface area contributed by atoms with E-state index >= 15 is 0 Å². The monoisotopic (exact) mass is 288 g/mol. The first-order valence-corrected chi connectivity index (χ1v) is 7.11. The molecule has 106 valence electrons. The molecule has 4 nitrogen and oxygen atoms in total. The summed E-state index contributed by atoms with van der Waals surface area (Å²) < 4.78 is 2.40. The molecule has 0 fully saturated rings. The molecule has 2 aromatic heterocycles. The predicted molar refractivity (Wildman–Crippen MR) is 86.8 cm³/mol. The molecule has 0 atom stereocenters. The first-order valence-electron chi connectivity index (χ1n) is 7.11. The molecule has 2 heterocycles. The second-order valence-electron chi connectivity index (χ2n) is 5.51. The van der Waals surface area contributed by atoms with E-state index in [-0.39, 0.29) is 0 Å². The summed E-state index contributed by atoms with van der Waals surface area (Å²) in [5.74, 6) is 0. The van der Waals surface area contributed by atoms with Gasteiger partial charge in [-0.25, -0.2) is 0 Å². The Balaban J connectivity index is 2.20. The van der Waals surface area contributed by atoms with Crippen molar-refractivity contribution >= 4 is 43.6 Å². The Kier molecular flexibility index (Phi) is 1.96. The van der Waals surface area contributed by atoms with Crippen molar-refractivity contribution in [2.24, 2.45) is 0 Å². The maximum absolute atomic E-state index is 10.6. The van der Waals surface area contributed by atoms with Crippen LogP contribution in [0.3, 0.4) is 0 Å². The van der Waals surface area contributed by atoms with E-state index in [0.29, 0.717) is 5.52 Å². The normalized spacial score (nSPS) is 12.0. The van der Waals surface area contributed by atoms with Crippen molar-refractivity contribution in [1.29, 1.82) is 0 Å². The third-order valence-corrected chi connectivity index (χ3v) is 4.42. The SMILES string of the molecule is On1c2ccccc2c2c1ccc1c3ccccc3n(O)c12. The topological polar surface area (TPSA) is 50.3 Å².